The molecule has 0 amide bonds. The van der Waals surface area contributed by atoms with Gasteiger partial charge in [-0.25, -0.2) is 0 Å². The van der Waals surface area contributed by atoms with E-state index in [1.54, 1.807) is 0 Å². The predicted octanol–water partition coefficient (Wildman–Crippen LogP) is 1.41. The van der Waals surface area contributed by atoms with Gasteiger partial charge in [0.1, 0.15) is 0 Å². The van der Waals surface area contributed by atoms with Gasteiger partial charge in [-0.2, -0.15) is 0 Å². The molecule has 1 N–H and O–H groups in total. The Bertz CT molecular complexity index is 329. The maximum atomic E-state index is 5.65. The average molecular weight is 240 g/mol. The van der Waals surface area contributed by atoms with E-state index < -0.39 is 0 Å². The fourth-order valence-corrected chi connectivity index (χ4v) is 1.46. The number of nitrogens with zero attached hydrogens (tertiary/aromatic N) is 3. The van der Waals surface area contributed by atoms with E-state index in [1.165, 1.54) is 0 Å². The smallest absolute Gasteiger partial charge is 0.230 e. The number of hydrogen-bond donors (Lipinski definition) is 1. The monoisotopic (exact) mass is 240 g/mol. The fourth-order valence-electron chi connectivity index (χ4n) is 1.46. The topological polar surface area (TPSA) is 54.2 Å². The summed E-state index contributed by atoms with van der Waals surface area (Å²) in [6, 6.07) is 0. The Hall–Kier alpha value is -0.940. The molecule has 0 fully saturated rings. The highest BCUT2D eigenvalue weighted by atomic mass is 16.4. The van der Waals surface area contributed by atoms with Crippen molar-refractivity contribution >= 4 is 0 Å². The molecule has 98 valence electrons. The van der Waals surface area contributed by atoms with Crippen LogP contribution in [0.5, 0.6) is 0 Å². The van der Waals surface area contributed by atoms with Crippen molar-refractivity contribution in [2.24, 2.45) is 0 Å². The molecule has 0 radical (unpaired) electrons. The largest absolute Gasteiger partial charge is 0.423 e. The van der Waals surface area contributed by atoms with Crippen molar-refractivity contribution in [2.75, 3.05) is 27.2 Å². The minimum absolute atomic E-state index is 0.0735. The first-order valence-electron chi connectivity index (χ1n) is 6.09. The third-order valence-corrected chi connectivity index (χ3v) is 2.48. The van der Waals surface area contributed by atoms with Crippen LogP contribution in [0.1, 0.15) is 39.0 Å². The predicted molar refractivity (Wildman–Crippen MR) is 67.9 cm³/mol. The van der Waals surface area contributed by atoms with Crippen LogP contribution in [-0.4, -0.2) is 42.3 Å². The Morgan fingerprint density at radius 1 is 1.29 bits per heavy atom. The summed E-state index contributed by atoms with van der Waals surface area (Å²) in [5.74, 6) is 1.40. The maximum Gasteiger partial charge on any atom is 0.230 e. The van der Waals surface area contributed by atoms with Gasteiger partial charge in [-0.3, -0.25) is 4.90 Å². The highest BCUT2D eigenvalue weighted by Crippen LogP contribution is 2.20. The molecule has 0 saturated heterocycles. The first kappa shape index (κ1) is 14.1. The second-order valence-electron chi connectivity index (χ2n) is 5.45. The van der Waals surface area contributed by atoms with Crippen molar-refractivity contribution in [1.82, 2.24) is 20.4 Å². The normalized spacial score (nSPS) is 12.4. The highest BCUT2D eigenvalue weighted by Gasteiger charge is 2.21. The Labute approximate surface area is 104 Å². The van der Waals surface area contributed by atoms with Gasteiger partial charge in [-0.15, -0.1) is 10.2 Å². The van der Waals surface area contributed by atoms with Crippen LogP contribution >= 0.6 is 0 Å². The summed E-state index contributed by atoms with van der Waals surface area (Å²) in [4.78, 5) is 2.19. The van der Waals surface area contributed by atoms with Crippen LogP contribution in [0.2, 0.25) is 0 Å². The van der Waals surface area contributed by atoms with Gasteiger partial charge in [-0.05, 0) is 33.6 Å². The summed E-state index contributed by atoms with van der Waals surface area (Å²) in [6.07, 6.45) is 1.12. The van der Waals surface area contributed by atoms with Crippen LogP contribution in [-0.2, 0) is 12.0 Å². The second-order valence-corrected chi connectivity index (χ2v) is 5.45. The fraction of sp³-hybridized carbons (Fsp3) is 0.833. The molecule has 0 atom stereocenters. The van der Waals surface area contributed by atoms with Crippen LogP contribution in [0.25, 0.3) is 0 Å². The molecule has 0 aliphatic rings. The summed E-state index contributed by atoms with van der Waals surface area (Å²) >= 11 is 0. The molecule has 5 nitrogen and oxygen atoms in total. The SMILES string of the molecule is CNCCCN(C)Cc1nnc(C(C)(C)C)o1. The summed E-state index contributed by atoms with van der Waals surface area (Å²) in [5, 5.41) is 11.3. The summed E-state index contributed by atoms with van der Waals surface area (Å²) in [6.45, 7) is 8.98. The molecule has 17 heavy (non-hydrogen) atoms. The molecule has 1 aromatic rings. The second kappa shape index (κ2) is 6.12. The molecular formula is C12H24N4O. The van der Waals surface area contributed by atoms with Gasteiger partial charge >= 0.3 is 0 Å². The third-order valence-electron chi connectivity index (χ3n) is 2.48. The van der Waals surface area contributed by atoms with E-state index in [0.717, 1.165) is 19.5 Å². The number of hydrogen-bond acceptors (Lipinski definition) is 5. The maximum absolute atomic E-state index is 5.65. The minimum atomic E-state index is -0.0735. The quantitative estimate of drug-likeness (QED) is 0.762. The minimum Gasteiger partial charge on any atom is -0.423 e. The Morgan fingerprint density at radius 3 is 2.53 bits per heavy atom. The molecule has 1 rings (SSSR count). The van der Waals surface area contributed by atoms with Crippen molar-refractivity contribution < 1.29 is 4.42 Å². The summed E-state index contributed by atoms with van der Waals surface area (Å²) < 4.78 is 5.65. The summed E-state index contributed by atoms with van der Waals surface area (Å²) in [7, 11) is 4.03. The van der Waals surface area contributed by atoms with Gasteiger partial charge < -0.3 is 9.73 Å². The Kier molecular flexibility index (Phi) is 5.08. The molecular weight excluding hydrogens is 216 g/mol. The third kappa shape index (κ3) is 4.83. The molecule has 5 heteroatoms. The van der Waals surface area contributed by atoms with E-state index >= 15 is 0 Å². The molecule has 0 aliphatic heterocycles. The highest BCUT2D eigenvalue weighted by molar-refractivity contribution is 4.95. The van der Waals surface area contributed by atoms with E-state index in [-0.39, 0.29) is 5.41 Å². The van der Waals surface area contributed by atoms with Gasteiger partial charge in [0.25, 0.3) is 0 Å². The lowest BCUT2D eigenvalue weighted by Crippen LogP contribution is -2.22. The molecule has 1 heterocycles. The zero-order valence-electron chi connectivity index (χ0n) is 11.6. The molecule has 0 aliphatic carbocycles. The number of rotatable bonds is 6. The van der Waals surface area contributed by atoms with Crippen molar-refractivity contribution in [2.45, 2.75) is 39.2 Å². The Balaban J connectivity index is 2.43. The molecule has 0 spiro atoms. The average Bonchev–Trinajstić information content (AvgIpc) is 2.66. The molecule has 0 bridgehead atoms. The van der Waals surface area contributed by atoms with Crippen molar-refractivity contribution in [3.63, 3.8) is 0 Å². The molecule has 1 aromatic heterocycles. The first-order chi connectivity index (χ1) is 7.93. The zero-order valence-corrected chi connectivity index (χ0v) is 11.6. The van der Waals surface area contributed by atoms with Crippen LogP contribution in [0.3, 0.4) is 0 Å². The van der Waals surface area contributed by atoms with Gasteiger partial charge in [0.15, 0.2) is 0 Å². The van der Waals surface area contributed by atoms with Crippen molar-refractivity contribution in [3.05, 3.63) is 11.8 Å². The van der Waals surface area contributed by atoms with Gasteiger partial charge in [0.05, 0.1) is 6.54 Å². The number of aromatic nitrogens is 2. The molecule has 0 saturated carbocycles. The van der Waals surface area contributed by atoms with Gasteiger partial charge in [0.2, 0.25) is 11.8 Å². The van der Waals surface area contributed by atoms with Gasteiger partial charge in [-0.1, -0.05) is 20.8 Å². The van der Waals surface area contributed by atoms with E-state index in [4.69, 9.17) is 4.42 Å². The standard InChI is InChI=1S/C12H24N4O/c1-12(2,3)11-15-14-10(17-11)9-16(5)8-6-7-13-4/h13H,6-9H2,1-5H3. The molecule has 0 aromatic carbocycles. The van der Waals surface area contributed by atoms with Crippen LogP contribution in [0.4, 0.5) is 0 Å². The van der Waals surface area contributed by atoms with E-state index in [9.17, 15) is 0 Å². The van der Waals surface area contributed by atoms with Crippen LogP contribution < -0.4 is 5.32 Å². The van der Waals surface area contributed by atoms with E-state index in [0.29, 0.717) is 18.3 Å². The lowest BCUT2D eigenvalue weighted by Gasteiger charge is -2.14. The van der Waals surface area contributed by atoms with Crippen LogP contribution in [0, 0.1) is 0 Å². The zero-order chi connectivity index (χ0) is 12.9. The lowest BCUT2D eigenvalue weighted by atomic mass is 9.97. The van der Waals surface area contributed by atoms with E-state index in [2.05, 4.69) is 48.2 Å². The van der Waals surface area contributed by atoms with E-state index in [1.807, 2.05) is 7.05 Å². The number of nitrogens with one attached hydrogen (secondary N) is 1. The summed E-state index contributed by atoms with van der Waals surface area (Å²) in [5.41, 5.74) is -0.0735. The first-order valence-corrected chi connectivity index (χ1v) is 6.09. The van der Waals surface area contributed by atoms with Gasteiger partial charge in [0, 0.05) is 5.41 Å². The lowest BCUT2D eigenvalue weighted by molar-refractivity contribution is 0.272. The van der Waals surface area contributed by atoms with Crippen molar-refractivity contribution in [1.29, 1.82) is 0 Å². The molecule has 0 unspecified atom stereocenters. The Morgan fingerprint density at radius 2 is 2.00 bits per heavy atom. The van der Waals surface area contributed by atoms with Crippen LogP contribution in [0.15, 0.2) is 4.42 Å². The van der Waals surface area contributed by atoms with Crippen molar-refractivity contribution in [3.8, 4) is 0 Å².